The van der Waals surface area contributed by atoms with Crippen molar-refractivity contribution in [2.45, 2.75) is 18.0 Å². The van der Waals surface area contributed by atoms with Gasteiger partial charge in [-0.1, -0.05) is 0 Å². The average molecular weight is 208 g/mol. The van der Waals surface area contributed by atoms with Crippen molar-refractivity contribution in [3.05, 3.63) is 0 Å². The molecule has 0 spiro atoms. The maximum Gasteiger partial charge on any atom is 0.347 e. The third-order valence-corrected chi connectivity index (χ3v) is 4.93. The molecule has 0 atom stereocenters. The van der Waals surface area contributed by atoms with Crippen LogP contribution in [0.3, 0.4) is 0 Å². The van der Waals surface area contributed by atoms with Crippen molar-refractivity contribution < 1.29 is 23.1 Å². The van der Waals surface area contributed by atoms with E-state index < -0.39 is 18.7 Å². The highest BCUT2D eigenvalue weighted by molar-refractivity contribution is 7.57. The summed E-state index contributed by atoms with van der Waals surface area (Å²) in [6.07, 6.45) is 0.997. The molecule has 13 heavy (non-hydrogen) atoms. The van der Waals surface area contributed by atoms with Crippen LogP contribution in [0.4, 0.5) is 0 Å². The maximum atomic E-state index is 11.9. The minimum absolute atomic E-state index is 0.499. The van der Waals surface area contributed by atoms with Crippen molar-refractivity contribution >= 4 is 13.6 Å². The Morgan fingerprint density at radius 2 is 1.69 bits per heavy atom. The fourth-order valence-electron chi connectivity index (χ4n) is 1.32. The summed E-state index contributed by atoms with van der Waals surface area (Å²) in [6, 6.07) is 0. The predicted octanol–water partition coefficient (Wildman–Crippen LogP) is 1.18. The highest BCUT2D eigenvalue weighted by Crippen LogP contribution is 2.70. The fourth-order valence-corrected chi connectivity index (χ4v) is 3.14. The molecule has 0 aromatic rings. The van der Waals surface area contributed by atoms with Crippen molar-refractivity contribution in [1.29, 1.82) is 0 Å². The van der Waals surface area contributed by atoms with Gasteiger partial charge in [-0.3, -0.25) is 9.36 Å². The third kappa shape index (κ3) is 1.41. The van der Waals surface area contributed by atoms with Gasteiger partial charge in [-0.25, -0.2) is 0 Å². The van der Waals surface area contributed by atoms with Gasteiger partial charge in [0, 0.05) is 14.2 Å². The molecular formula is C7H13O5P. The molecule has 1 saturated carbocycles. The summed E-state index contributed by atoms with van der Waals surface area (Å²) in [5.41, 5.74) is 0. The van der Waals surface area contributed by atoms with Crippen molar-refractivity contribution in [3.8, 4) is 0 Å². The second kappa shape index (κ2) is 3.40. The first-order valence-electron chi connectivity index (χ1n) is 3.86. The Morgan fingerprint density at radius 1 is 1.23 bits per heavy atom. The highest BCUT2D eigenvalue weighted by atomic mass is 31.2. The Bertz CT molecular complexity index is 250. The Balaban J connectivity index is 2.92. The first-order valence-corrected chi connectivity index (χ1v) is 5.40. The molecule has 0 N–H and O–H groups in total. The zero-order valence-corrected chi connectivity index (χ0v) is 8.80. The van der Waals surface area contributed by atoms with Crippen LogP contribution in [0.2, 0.25) is 0 Å². The lowest BCUT2D eigenvalue weighted by molar-refractivity contribution is -0.141. The van der Waals surface area contributed by atoms with Crippen LogP contribution in [0, 0.1) is 0 Å². The second-order valence-corrected chi connectivity index (χ2v) is 5.47. The number of rotatable bonds is 4. The maximum absolute atomic E-state index is 11.9. The topological polar surface area (TPSA) is 61.8 Å². The average Bonchev–Trinajstić information content (AvgIpc) is 2.96. The Kier molecular flexibility index (Phi) is 2.80. The molecule has 0 saturated heterocycles. The molecule has 0 aliphatic heterocycles. The van der Waals surface area contributed by atoms with E-state index in [0.717, 1.165) is 0 Å². The molecule has 1 rings (SSSR count). The van der Waals surface area contributed by atoms with Gasteiger partial charge in [-0.05, 0) is 12.8 Å². The summed E-state index contributed by atoms with van der Waals surface area (Å²) in [4.78, 5) is 11.3. The Hall–Kier alpha value is -0.380. The van der Waals surface area contributed by atoms with Gasteiger partial charge >= 0.3 is 13.6 Å². The van der Waals surface area contributed by atoms with E-state index in [2.05, 4.69) is 4.74 Å². The van der Waals surface area contributed by atoms with Crippen LogP contribution >= 0.6 is 7.60 Å². The summed E-state index contributed by atoms with van der Waals surface area (Å²) >= 11 is 0. The number of hydrogen-bond acceptors (Lipinski definition) is 5. The quantitative estimate of drug-likeness (QED) is 0.512. The molecule has 0 unspecified atom stereocenters. The minimum atomic E-state index is -3.32. The van der Waals surface area contributed by atoms with Crippen LogP contribution in [0.1, 0.15) is 12.8 Å². The van der Waals surface area contributed by atoms with Crippen LogP contribution in [0.15, 0.2) is 0 Å². The lowest BCUT2D eigenvalue weighted by Gasteiger charge is -2.21. The van der Waals surface area contributed by atoms with Gasteiger partial charge < -0.3 is 13.8 Å². The van der Waals surface area contributed by atoms with Gasteiger partial charge in [-0.15, -0.1) is 0 Å². The largest absolute Gasteiger partial charge is 0.468 e. The van der Waals surface area contributed by atoms with Crippen LogP contribution in [0.25, 0.3) is 0 Å². The third-order valence-electron chi connectivity index (χ3n) is 2.29. The smallest absolute Gasteiger partial charge is 0.347 e. The van der Waals surface area contributed by atoms with E-state index in [1.54, 1.807) is 0 Å². The molecule has 1 fully saturated rings. The Labute approximate surface area is 76.9 Å². The summed E-state index contributed by atoms with van der Waals surface area (Å²) in [7, 11) is 0.484. The van der Waals surface area contributed by atoms with Crippen LogP contribution in [-0.2, 0) is 23.1 Å². The standard InChI is InChI=1S/C7H13O5P/c1-10-6(8)7(4-5-7)13(9,11-2)12-3/h4-5H2,1-3H3. The number of hydrogen-bond donors (Lipinski definition) is 0. The number of esters is 1. The van der Waals surface area contributed by atoms with Gasteiger partial charge in [0.2, 0.25) is 0 Å². The van der Waals surface area contributed by atoms with E-state index in [1.807, 2.05) is 0 Å². The van der Waals surface area contributed by atoms with Crippen LogP contribution in [-0.4, -0.2) is 32.5 Å². The summed E-state index contributed by atoms with van der Waals surface area (Å²) < 4.78 is 26.0. The first-order chi connectivity index (χ1) is 6.06. The molecule has 0 heterocycles. The number of ether oxygens (including phenoxy) is 1. The van der Waals surface area contributed by atoms with E-state index >= 15 is 0 Å². The molecule has 76 valence electrons. The molecule has 0 bridgehead atoms. The van der Waals surface area contributed by atoms with Crippen molar-refractivity contribution in [3.63, 3.8) is 0 Å². The van der Waals surface area contributed by atoms with Gasteiger partial charge in [0.1, 0.15) is 0 Å². The summed E-state index contributed by atoms with van der Waals surface area (Å²) in [6.45, 7) is 0. The summed E-state index contributed by atoms with van der Waals surface area (Å²) in [5, 5.41) is -1.04. The van der Waals surface area contributed by atoms with Crippen molar-refractivity contribution in [2.24, 2.45) is 0 Å². The second-order valence-electron chi connectivity index (χ2n) is 2.89. The molecule has 0 aromatic carbocycles. The Morgan fingerprint density at radius 3 is 1.92 bits per heavy atom. The van der Waals surface area contributed by atoms with Gasteiger partial charge in [-0.2, -0.15) is 0 Å². The van der Waals surface area contributed by atoms with E-state index in [9.17, 15) is 9.36 Å². The number of carbonyl (C=O) groups is 1. The van der Waals surface area contributed by atoms with Crippen molar-refractivity contribution in [2.75, 3.05) is 21.3 Å². The van der Waals surface area contributed by atoms with E-state index in [4.69, 9.17) is 9.05 Å². The normalized spacial score (nSPS) is 19.6. The summed E-state index contributed by atoms with van der Waals surface area (Å²) in [5.74, 6) is -0.514. The van der Waals surface area contributed by atoms with E-state index in [-0.39, 0.29) is 0 Å². The van der Waals surface area contributed by atoms with Gasteiger partial charge in [0.25, 0.3) is 0 Å². The molecule has 6 heteroatoms. The van der Waals surface area contributed by atoms with E-state index in [0.29, 0.717) is 12.8 Å². The van der Waals surface area contributed by atoms with Gasteiger partial charge in [0.15, 0.2) is 5.16 Å². The molecule has 0 aromatic heterocycles. The highest BCUT2D eigenvalue weighted by Gasteiger charge is 2.66. The van der Waals surface area contributed by atoms with E-state index in [1.165, 1.54) is 21.3 Å². The van der Waals surface area contributed by atoms with Crippen LogP contribution in [0.5, 0.6) is 0 Å². The zero-order chi connectivity index (χ0) is 10.1. The molecule has 0 radical (unpaired) electrons. The minimum Gasteiger partial charge on any atom is -0.468 e. The number of methoxy groups -OCH3 is 1. The lowest BCUT2D eigenvalue weighted by atomic mass is 10.4. The predicted molar refractivity (Wildman–Crippen MR) is 45.6 cm³/mol. The van der Waals surface area contributed by atoms with Crippen molar-refractivity contribution in [1.82, 2.24) is 0 Å². The molecule has 0 amide bonds. The monoisotopic (exact) mass is 208 g/mol. The first kappa shape index (κ1) is 10.7. The fraction of sp³-hybridized carbons (Fsp3) is 0.857. The lowest BCUT2D eigenvalue weighted by Crippen LogP contribution is -2.25. The van der Waals surface area contributed by atoms with Gasteiger partial charge in [0.05, 0.1) is 7.11 Å². The number of carbonyl (C=O) groups excluding carboxylic acids is 1. The van der Waals surface area contributed by atoms with Crippen LogP contribution < -0.4 is 0 Å². The SMILES string of the molecule is COC(=O)C1(P(=O)(OC)OC)CC1. The molecule has 1 aliphatic carbocycles. The molecule has 1 aliphatic rings. The molecular weight excluding hydrogens is 195 g/mol. The zero-order valence-electron chi connectivity index (χ0n) is 7.90. The molecule has 5 nitrogen and oxygen atoms in total.